The molecule has 0 fully saturated rings. The van der Waals surface area contributed by atoms with Crippen LogP contribution in [0.15, 0.2) is 23.0 Å². The zero-order chi connectivity index (χ0) is 11.5. The lowest BCUT2D eigenvalue weighted by molar-refractivity contribution is 0.629. The van der Waals surface area contributed by atoms with Gasteiger partial charge in [0.2, 0.25) is 0 Å². The maximum Gasteiger partial charge on any atom is 0.345 e. The molecule has 0 amide bonds. The summed E-state index contributed by atoms with van der Waals surface area (Å²) in [5.74, 6) is -0.393. The molecule has 3 N–H and O–H groups in total. The van der Waals surface area contributed by atoms with E-state index in [1.54, 1.807) is 6.07 Å². The van der Waals surface area contributed by atoms with Gasteiger partial charge in [0, 0.05) is 17.1 Å². The van der Waals surface area contributed by atoms with Gasteiger partial charge in [-0.2, -0.15) is 4.98 Å². The van der Waals surface area contributed by atoms with Crippen molar-refractivity contribution in [1.29, 1.82) is 0 Å². The molecule has 4 nitrogen and oxygen atoms in total. The van der Waals surface area contributed by atoms with Crippen LogP contribution < -0.4 is 11.4 Å². The first-order valence-corrected chi connectivity index (χ1v) is 5.09. The van der Waals surface area contributed by atoms with Crippen LogP contribution in [0, 0.1) is 5.82 Å². The Balaban J connectivity index is 2.58. The standard InChI is InChI=1S/C11H12FN3O/c12-7-3-4-8-9(2-1-5-13)14-11(16)15-10(8)6-7/h3-4,6H,1-2,5,13H2,(H,14,15,16). The van der Waals surface area contributed by atoms with E-state index in [4.69, 9.17) is 5.73 Å². The number of nitrogens with two attached hydrogens (primary N) is 1. The minimum Gasteiger partial charge on any atom is -0.330 e. The number of nitrogens with one attached hydrogen (secondary N) is 1. The molecule has 0 saturated carbocycles. The summed E-state index contributed by atoms with van der Waals surface area (Å²) >= 11 is 0. The molecule has 0 aliphatic rings. The Morgan fingerprint density at radius 3 is 3.00 bits per heavy atom. The van der Waals surface area contributed by atoms with Gasteiger partial charge < -0.3 is 10.7 Å². The second-order valence-corrected chi connectivity index (χ2v) is 3.57. The van der Waals surface area contributed by atoms with Crippen LogP contribution in [0.1, 0.15) is 12.1 Å². The minimum atomic E-state index is -0.454. The Hall–Kier alpha value is -1.75. The van der Waals surface area contributed by atoms with E-state index in [1.165, 1.54) is 12.1 Å². The van der Waals surface area contributed by atoms with Gasteiger partial charge in [0.15, 0.2) is 0 Å². The van der Waals surface area contributed by atoms with Crippen LogP contribution in [-0.4, -0.2) is 16.5 Å². The fraction of sp³-hybridized carbons (Fsp3) is 0.273. The molecule has 0 saturated heterocycles. The third-order valence-corrected chi connectivity index (χ3v) is 2.40. The summed E-state index contributed by atoms with van der Waals surface area (Å²) in [6.07, 6.45) is 1.43. The van der Waals surface area contributed by atoms with Gasteiger partial charge in [-0.25, -0.2) is 9.18 Å². The molecule has 1 aromatic carbocycles. The van der Waals surface area contributed by atoms with Crippen LogP contribution in [-0.2, 0) is 6.42 Å². The van der Waals surface area contributed by atoms with Crippen LogP contribution in [0.25, 0.3) is 10.9 Å². The van der Waals surface area contributed by atoms with Crippen molar-refractivity contribution in [3.05, 3.63) is 40.2 Å². The van der Waals surface area contributed by atoms with Crippen molar-refractivity contribution in [3.8, 4) is 0 Å². The molecule has 2 rings (SSSR count). The van der Waals surface area contributed by atoms with Crippen molar-refractivity contribution >= 4 is 10.9 Å². The number of aryl methyl sites for hydroxylation is 1. The van der Waals surface area contributed by atoms with Crippen LogP contribution in [0.5, 0.6) is 0 Å². The second-order valence-electron chi connectivity index (χ2n) is 3.57. The van der Waals surface area contributed by atoms with E-state index in [1.807, 2.05) is 0 Å². The van der Waals surface area contributed by atoms with Gasteiger partial charge in [0.1, 0.15) is 5.82 Å². The first-order valence-electron chi connectivity index (χ1n) is 5.09. The van der Waals surface area contributed by atoms with Gasteiger partial charge >= 0.3 is 5.69 Å². The van der Waals surface area contributed by atoms with Crippen molar-refractivity contribution in [2.24, 2.45) is 5.73 Å². The average Bonchev–Trinajstić information content (AvgIpc) is 2.25. The molecule has 2 aromatic rings. The van der Waals surface area contributed by atoms with E-state index < -0.39 is 11.5 Å². The molecule has 0 unspecified atom stereocenters. The fourth-order valence-corrected chi connectivity index (χ4v) is 1.66. The number of aromatic amines is 1. The first-order chi connectivity index (χ1) is 7.70. The Labute approximate surface area is 91.3 Å². The van der Waals surface area contributed by atoms with E-state index >= 15 is 0 Å². The number of halogens is 1. The van der Waals surface area contributed by atoms with Crippen molar-refractivity contribution in [1.82, 2.24) is 9.97 Å². The Morgan fingerprint density at radius 2 is 2.25 bits per heavy atom. The molecular weight excluding hydrogens is 209 g/mol. The largest absolute Gasteiger partial charge is 0.345 e. The lowest BCUT2D eigenvalue weighted by atomic mass is 10.1. The minimum absolute atomic E-state index is 0.385. The molecule has 84 valence electrons. The molecule has 1 aromatic heterocycles. The summed E-state index contributed by atoms with van der Waals surface area (Å²) in [5.41, 5.74) is 6.11. The number of H-pyrrole nitrogens is 1. The van der Waals surface area contributed by atoms with Gasteiger partial charge in [-0.1, -0.05) is 0 Å². The van der Waals surface area contributed by atoms with E-state index in [2.05, 4.69) is 9.97 Å². The maximum atomic E-state index is 13.0. The molecule has 5 heteroatoms. The van der Waals surface area contributed by atoms with E-state index in [0.717, 1.165) is 17.5 Å². The van der Waals surface area contributed by atoms with E-state index in [0.29, 0.717) is 18.5 Å². The third-order valence-electron chi connectivity index (χ3n) is 2.40. The summed E-state index contributed by atoms with van der Waals surface area (Å²) in [6, 6.07) is 4.24. The van der Waals surface area contributed by atoms with Crippen LogP contribution >= 0.6 is 0 Å². The van der Waals surface area contributed by atoms with Gasteiger partial charge in [-0.3, -0.25) is 0 Å². The van der Waals surface area contributed by atoms with Crippen molar-refractivity contribution in [2.75, 3.05) is 6.54 Å². The molecule has 0 aliphatic heterocycles. The van der Waals surface area contributed by atoms with Crippen molar-refractivity contribution in [2.45, 2.75) is 12.8 Å². The number of fused-ring (bicyclic) bond motifs is 1. The topological polar surface area (TPSA) is 71.8 Å². The SMILES string of the molecule is NCCCc1[nH]c(=O)nc2cc(F)ccc12. The number of hydrogen-bond acceptors (Lipinski definition) is 3. The van der Waals surface area contributed by atoms with E-state index in [-0.39, 0.29) is 0 Å². The summed E-state index contributed by atoms with van der Waals surface area (Å²) in [4.78, 5) is 17.6. The van der Waals surface area contributed by atoms with E-state index in [9.17, 15) is 9.18 Å². The molecule has 0 aliphatic carbocycles. The van der Waals surface area contributed by atoms with Crippen LogP contribution in [0.4, 0.5) is 4.39 Å². The van der Waals surface area contributed by atoms with Crippen LogP contribution in [0.3, 0.4) is 0 Å². The van der Waals surface area contributed by atoms with Gasteiger partial charge in [-0.05, 0) is 31.5 Å². The maximum absolute atomic E-state index is 13.0. The second kappa shape index (κ2) is 4.40. The fourth-order valence-electron chi connectivity index (χ4n) is 1.66. The average molecular weight is 221 g/mol. The molecule has 0 radical (unpaired) electrons. The Bertz CT molecular complexity index is 565. The summed E-state index contributed by atoms with van der Waals surface area (Å²) in [7, 11) is 0. The summed E-state index contributed by atoms with van der Waals surface area (Å²) < 4.78 is 13.0. The lowest BCUT2D eigenvalue weighted by Gasteiger charge is -2.04. The molecule has 0 spiro atoms. The highest BCUT2D eigenvalue weighted by Crippen LogP contribution is 2.15. The van der Waals surface area contributed by atoms with Gasteiger partial charge in [0.25, 0.3) is 0 Å². The van der Waals surface area contributed by atoms with Gasteiger partial charge in [-0.15, -0.1) is 0 Å². The monoisotopic (exact) mass is 221 g/mol. The highest BCUT2D eigenvalue weighted by atomic mass is 19.1. The number of hydrogen-bond donors (Lipinski definition) is 2. The first kappa shape index (κ1) is 10.8. The Morgan fingerprint density at radius 1 is 1.44 bits per heavy atom. The van der Waals surface area contributed by atoms with Gasteiger partial charge in [0.05, 0.1) is 5.52 Å². The highest BCUT2D eigenvalue weighted by Gasteiger charge is 2.05. The molecule has 16 heavy (non-hydrogen) atoms. The highest BCUT2D eigenvalue weighted by molar-refractivity contribution is 5.80. The zero-order valence-electron chi connectivity index (χ0n) is 8.66. The number of rotatable bonds is 3. The molecule has 0 bridgehead atoms. The van der Waals surface area contributed by atoms with Crippen molar-refractivity contribution in [3.63, 3.8) is 0 Å². The zero-order valence-corrected chi connectivity index (χ0v) is 8.66. The van der Waals surface area contributed by atoms with Crippen molar-refractivity contribution < 1.29 is 4.39 Å². The molecule has 1 heterocycles. The lowest BCUT2D eigenvalue weighted by Crippen LogP contribution is -2.14. The summed E-state index contributed by atoms with van der Waals surface area (Å²) in [6.45, 7) is 0.549. The summed E-state index contributed by atoms with van der Waals surface area (Å²) in [5, 5.41) is 0.773. The number of aromatic nitrogens is 2. The normalized spacial score (nSPS) is 10.9. The Kier molecular flexibility index (Phi) is 2.96. The predicted octanol–water partition coefficient (Wildman–Crippen LogP) is 0.954. The predicted molar refractivity (Wildman–Crippen MR) is 59.7 cm³/mol. The van der Waals surface area contributed by atoms with Crippen LogP contribution in [0.2, 0.25) is 0 Å². The third kappa shape index (κ3) is 2.09. The quantitative estimate of drug-likeness (QED) is 0.810. The molecule has 0 atom stereocenters. The number of nitrogens with zero attached hydrogens (tertiary/aromatic N) is 1. The number of benzene rings is 1. The molecular formula is C11H12FN3O. The smallest absolute Gasteiger partial charge is 0.330 e.